The number of rotatable bonds is 10. The number of thioether (sulfide) groups is 1. The Labute approximate surface area is 229 Å². The first-order valence-corrected chi connectivity index (χ1v) is 13.5. The molecule has 2 aromatic carbocycles. The van der Waals surface area contributed by atoms with Gasteiger partial charge in [0.05, 0.1) is 20.0 Å². The lowest BCUT2D eigenvalue weighted by atomic mass is 10.0. The number of nitrogens with zero attached hydrogens (tertiary/aromatic N) is 3. The Morgan fingerprint density at radius 1 is 1.03 bits per heavy atom. The van der Waals surface area contributed by atoms with Gasteiger partial charge in [-0.2, -0.15) is 0 Å². The van der Waals surface area contributed by atoms with E-state index in [0.29, 0.717) is 32.9 Å². The number of aryl methyl sites for hydroxylation is 2. The van der Waals surface area contributed by atoms with Crippen LogP contribution in [0.2, 0.25) is 0 Å². The number of hydrogen-bond donors (Lipinski definition) is 1. The topological polar surface area (TPSA) is 105 Å². The minimum absolute atomic E-state index is 0.0836. The molecule has 38 heavy (non-hydrogen) atoms. The van der Waals surface area contributed by atoms with Gasteiger partial charge in [-0.05, 0) is 54.8 Å². The van der Waals surface area contributed by atoms with E-state index in [-0.39, 0.29) is 18.3 Å². The predicted octanol–water partition coefficient (Wildman–Crippen LogP) is 5.27. The van der Waals surface area contributed by atoms with Crippen molar-refractivity contribution in [2.24, 2.45) is 7.05 Å². The first-order valence-electron chi connectivity index (χ1n) is 11.6. The summed E-state index contributed by atoms with van der Waals surface area (Å²) in [5, 5.41) is 14.1. The van der Waals surface area contributed by atoms with E-state index in [9.17, 15) is 9.59 Å². The highest BCUT2D eigenvalue weighted by molar-refractivity contribution is 7.99. The monoisotopic (exact) mass is 552 g/mol. The number of esters is 1. The van der Waals surface area contributed by atoms with Crippen LogP contribution in [-0.2, 0) is 23.2 Å². The minimum Gasteiger partial charge on any atom is -0.497 e. The van der Waals surface area contributed by atoms with Gasteiger partial charge in [0, 0.05) is 18.0 Å². The Morgan fingerprint density at radius 3 is 2.39 bits per heavy atom. The molecule has 1 N–H and O–H groups in total. The SMILES string of the molecule is COC(=O)c1c(-c2ccc(OC)cc2)csc1NC(=O)CSc1nnc(COc2cc(C)cc(C)c2)n1C. The molecule has 0 spiro atoms. The Kier molecular flexibility index (Phi) is 8.70. The van der Waals surface area contributed by atoms with Gasteiger partial charge in [0.2, 0.25) is 5.91 Å². The molecule has 2 heterocycles. The quantitative estimate of drug-likeness (QED) is 0.210. The highest BCUT2D eigenvalue weighted by Gasteiger charge is 2.23. The van der Waals surface area contributed by atoms with E-state index in [1.54, 1.807) is 11.7 Å². The molecular weight excluding hydrogens is 524 g/mol. The molecule has 0 radical (unpaired) electrons. The number of benzene rings is 2. The van der Waals surface area contributed by atoms with Crippen LogP contribution >= 0.6 is 23.1 Å². The molecular formula is C27H28N4O5S2. The fourth-order valence-corrected chi connectivity index (χ4v) is 5.49. The highest BCUT2D eigenvalue weighted by atomic mass is 32.2. The van der Waals surface area contributed by atoms with E-state index in [2.05, 4.69) is 21.6 Å². The number of nitrogens with one attached hydrogen (secondary N) is 1. The molecule has 0 saturated heterocycles. The van der Waals surface area contributed by atoms with Gasteiger partial charge in [-0.15, -0.1) is 21.5 Å². The molecule has 1 amide bonds. The fraction of sp³-hybridized carbons (Fsp3) is 0.259. The summed E-state index contributed by atoms with van der Waals surface area (Å²) in [7, 11) is 4.73. The van der Waals surface area contributed by atoms with Crippen LogP contribution in [0, 0.1) is 13.8 Å². The Balaban J connectivity index is 1.40. The van der Waals surface area contributed by atoms with Crippen molar-refractivity contribution in [3.8, 4) is 22.6 Å². The van der Waals surface area contributed by atoms with E-state index in [0.717, 1.165) is 22.4 Å². The summed E-state index contributed by atoms with van der Waals surface area (Å²) in [5.41, 5.74) is 4.04. The Hall–Kier alpha value is -3.83. The first kappa shape index (κ1) is 27.2. The molecule has 0 aliphatic rings. The van der Waals surface area contributed by atoms with Gasteiger partial charge in [0.1, 0.15) is 28.7 Å². The molecule has 11 heteroatoms. The molecule has 0 aliphatic heterocycles. The van der Waals surface area contributed by atoms with Gasteiger partial charge in [-0.1, -0.05) is 30.0 Å². The van der Waals surface area contributed by atoms with E-state index in [4.69, 9.17) is 14.2 Å². The maximum absolute atomic E-state index is 12.8. The van der Waals surface area contributed by atoms with Crippen LogP contribution in [-0.4, -0.2) is 46.6 Å². The molecule has 0 bridgehead atoms. The lowest BCUT2D eigenvalue weighted by molar-refractivity contribution is -0.113. The van der Waals surface area contributed by atoms with Crippen molar-refractivity contribution in [2.75, 3.05) is 25.3 Å². The van der Waals surface area contributed by atoms with Crippen molar-refractivity contribution in [2.45, 2.75) is 25.6 Å². The second-order valence-electron chi connectivity index (χ2n) is 8.48. The summed E-state index contributed by atoms with van der Waals surface area (Å²) in [6.45, 7) is 4.29. The average Bonchev–Trinajstić information content (AvgIpc) is 3.48. The summed E-state index contributed by atoms with van der Waals surface area (Å²) < 4.78 is 17.9. The molecule has 0 fully saturated rings. The summed E-state index contributed by atoms with van der Waals surface area (Å²) in [6, 6.07) is 13.3. The number of carbonyl (C=O) groups excluding carboxylic acids is 2. The summed E-state index contributed by atoms with van der Waals surface area (Å²) in [4.78, 5) is 25.4. The van der Waals surface area contributed by atoms with E-state index >= 15 is 0 Å². The molecule has 4 aromatic rings. The minimum atomic E-state index is -0.526. The lowest BCUT2D eigenvalue weighted by Crippen LogP contribution is -2.16. The van der Waals surface area contributed by atoms with Gasteiger partial charge in [-0.3, -0.25) is 4.79 Å². The third-order valence-corrected chi connectivity index (χ3v) is 7.57. The first-order chi connectivity index (χ1) is 18.3. The van der Waals surface area contributed by atoms with Crippen LogP contribution in [0.3, 0.4) is 0 Å². The standard InChI is InChI=1S/C27H28N4O5S2/c1-16-10-17(2)12-20(11-16)36-13-22-29-30-27(31(22)3)38-15-23(32)28-25-24(26(33)35-5)21(14-37-25)18-6-8-19(34-4)9-7-18/h6-12,14H,13,15H2,1-5H3,(H,28,32). The van der Waals surface area contributed by atoms with E-state index < -0.39 is 5.97 Å². The smallest absolute Gasteiger partial charge is 0.341 e. The van der Waals surface area contributed by atoms with Crippen molar-refractivity contribution >= 4 is 40.0 Å². The van der Waals surface area contributed by atoms with Crippen molar-refractivity contribution < 1.29 is 23.8 Å². The zero-order valence-corrected chi connectivity index (χ0v) is 23.4. The van der Waals surface area contributed by atoms with Crippen molar-refractivity contribution in [1.29, 1.82) is 0 Å². The zero-order valence-electron chi connectivity index (χ0n) is 21.7. The number of aromatic nitrogens is 3. The number of ether oxygens (including phenoxy) is 3. The molecule has 0 saturated carbocycles. The third-order valence-electron chi connectivity index (χ3n) is 5.66. The van der Waals surface area contributed by atoms with Gasteiger partial charge in [0.25, 0.3) is 0 Å². The molecule has 0 atom stereocenters. The number of carbonyl (C=O) groups is 2. The average molecular weight is 553 g/mol. The Morgan fingerprint density at radius 2 is 1.74 bits per heavy atom. The lowest BCUT2D eigenvalue weighted by Gasteiger charge is -2.09. The largest absolute Gasteiger partial charge is 0.497 e. The van der Waals surface area contributed by atoms with Gasteiger partial charge in [0.15, 0.2) is 11.0 Å². The van der Waals surface area contributed by atoms with Gasteiger partial charge in [-0.25, -0.2) is 4.79 Å². The maximum Gasteiger partial charge on any atom is 0.341 e. The molecule has 2 aromatic heterocycles. The number of hydrogen-bond acceptors (Lipinski definition) is 9. The van der Waals surface area contributed by atoms with Crippen LogP contribution in [0.15, 0.2) is 53.0 Å². The van der Waals surface area contributed by atoms with Crippen LogP contribution in [0.4, 0.5) is 5.00 Å². The second-order valence-corrected chi connectivity index (χ2v) is 10.3. The molecule has 0 unspecified atom stereocenters. The van der Waals surface area contributed by atoms with Crippen LogP contribution < -0.4 is 14.8 Å². The third kappa shape index (κ3) is 6.35. The van der Waals surface area contributed by atoms with Crippen LogP contribution in [0.1, 0.15) is 27.3 Å². The van der Waals surface area contributed by atoms with Crippen molar-refractivity contribution in [3.63, 3.8) is 0 Å². The normalized spacial score (nSPS) is 10.8. The van der Waals surface area contributed by atoms with Crippen molar-refractivity contribution in [1.82, 2.24) is 14.8 Å². The zero-order chi connectivity index (χ0) is 27.2. The molecule has 198 valence electrons. The summed E-state index contributed by atoms with van der Waals surface area (Å²) in [5.74, 6) is 1.40. The molecule has 4 rings (SSSR count). The van der Waals surface area contributed by atoms with E-state index in [1.807, 2.05) is 62.7 Å². The van der Waals surface area contributed by atoms with E-state index in [1.165, 1.54) is 30.2 Å². The number of anilines is 1. The Bertz CT molecular complexity index is 1430. The van der Waals surface area contributed by atoms with Gasteiger partial charge < -0.3 is 24.1 Å². The molecule has 9 nitrogen and oxygen atoms in total. The summed E-state index contributed by atoms with van der Waals surface area (Å²) in [6.07, 6.45) is 0. The molecule has 0 aliphatic carbocycles. The number of methoxy groups -OCH3 is 2. The van der Waals surface area contributed by atoms with Crippen molar-refractivity contribution in [3.05, 3.63) is 70.4 Å². The number of thiophene rings is 1. The summed E-state index contributed by atoms with van der Waals surface area (Å²) >= 11 is 2.51. The van der Waals surface area contributed by atoms with Crippen LogP contribution in [0.5, 0.6) is 11.5 Å². The van der Waals surface area contributed by atoms with Gasteiger partial charge >= 0.3 is 5.97 Å². The maximum atomic E-state index is 12.8. The number of amides is 1. The predicted molar refractivity (Wildman–Crippen MR) is 148 cm³/mol. The fourth-order valence-electron chi connectivity index (χ4n) is 3.79. The highest BCUT2D eigenvalue weighted by Crippen LogP contribution is 2.37. The second kappa shape index (κ2) is 12.1. The van der Waals surface area contributed by atoms with Crippen LogP contribution in [0.25, 0.3) is 11.1 Å².